The van der Waals surface area contributed by atoms with E-state index in [1.54, 1.807) is 0 Å². The minimum atomic E-state index is -0.00335. The molecule has 2 aromatic carbocycles. The Morgan fingerprint density at radius 3 is 2.15 bits per heavy atom. The Kier molecular flexibility index (Phi) is 5.09. The van der Waals surface area contributed by atoms with Crippen molar-refractivity contribution in [2.45, 2.75) is 52.4 Å². The van der Waals surface area contributed by atoms with E-state index in [0.29, 0.717) is 6.61 Å². The highest BCUT2D eigenvalue weighted by atomic mass is 16.5. The standard InChI is InChI=1S/C24H30O3/c1-23(2,3)17-13-19-20(15-27-22(19)21(14-17)24(4,5)6)16-7-9-18(10-8-16)26-12-11-25/h7-10,13-15,25H,11-12H2,1-6H3. The van der Waals surface area contributed by atoms with Crippen LogP contribution in [0.3, 0.4) is 0 Å². The molecule has 3 heteroatoms. The Morgan fingerprint density at radius 1 is 0.926 bits per heavy atom. The Hall–Kier alpha value is -2.26. The maximum Gasteiger partial charge on any atom is 0.138 e. The van der Waals surface area contributed by atoms with Crippen LogP contribution in [0.15, 0.2) is 47.1 Å². The van der Waals surface area contributed by atoms with E-state index < -0.39 is 0 Å². The van der Waals surface area contributed by atoms with Crippen LogP contribution < -0.4 is 4.74 Å². The Bertz CT molecular complexity index is 919. The fourth-order valence-corrected chi connectivity index (χ4v) is 3.25. The monoisotopic (exact) mass is 366 g/mol. The van der Waals surface area contributed by atoms with Crippen LogP contribution >= 0.6 is 0 Å². The van der Waals surface area contributed by atoms with Crippen molar-refractivity contribution in [3.63, 3.8) is 0 Å². The van der Waals surface area contributed by atoms with Crippen LogP contribution in [0.2, 0.25) is 0 Å². The van der Waals surface area contributed by atoms with E-state index in [2.05, 4.69) is 53.7 Å². The van der Waals surface area contributed by atoms with Gasteiger partial charge in [-0.25, -0.2) is 0 Å². The molecule has 0 aliphatic carbocycles. The topological polar surface area (TPSA) is 42.6 Å². The van der Waals surface area contributed by atoms with Gasteiger partial charge in [0.15, 0.2) is 0 Å². The fourth-order valence-electron chi connectivity index (χ4n) is 3.25. The minimum Gasteiger partial charge on any atom is -0.491 e. The second-order valence-corrected chi connectivity index (χ2v) is 9.15. The summed E-state index contributed by atoms with van der Waals surface area (Å²) in [5.41, 5.74) is 5.75. The number of benzene rings is 2. The molecule has 0 amide bonds. The highest BCUT2D eigenvalue weighted by Crippen LogP contribution is 2.40. The number of ether oxygens (including phenoxy) is 1. The fraction of sp³-hybridized carbons (Fsp3) is 0.417. The summed E-state index contributed by atoms with van der Waals surface area (Å²) >= 11 is 0. The average molecular weight is 367 g/mol. The predicted molar refractivity (Wildman–Crippen MR) is 112 cm³/mol. The van der Waals surface area contributed by atoms with Crippen LogP contribution in [0.5, 0.6) is 5.75 Å². The van der Waals surface area contributed by atoms with Gasteiger partial charge in [-0.3, -0.25) is 0 Å². The molecule has 1 N–H and O–H groups in total. The largest absolute Gasteiger partial charge is 0.491 e. The van der Waals surface area contributed by atoms with Crippen LogP contribution in [0, 0.1) is 0 Å². The van der Waals surface area contributed by atoms with Crippen molar-refractivity contribution in [2.24, 2.45) is 0 Å². The Balaban J connectivity index is 2.15. The quantitative estimate of drug-likeness (QED) is 0.610. The van der Waals surface area contributed by atoms with Crippen LogP contribution in [0.4, 0.5) is 0 Å². The smallest absolute Gasteiger partial charge is 0.138 e. The van der Waals surface area contributed by atoms with Crippen molar-refractivity contribution in [1.29, 1.82) is 0 Å². The molecule has 3 nitrogen and oxygen atoms in total. The number of fused-ring (bicyclic) bond motifs is 1. The lowest BCUT2D eigenvalue weighted by molar-refractivity contribution is 0.201. The van der Waals surface area contributed by atoms with Gasteiger partial charge in [0.2, 0.25) is 0 Å². The number of hydrogen-bond acceptors (Lipinski definition) is 3. The van der Waals surface area contributed by atoms with E-state index in [1.807, 2.05) is 30.5 Å². The summed E-state index contributed by atoms with van der Waals surface area (Å²) in [5, 5.41) is 10.0. The van der Waals surface area contributed by atoms with Gasteiger partial charge in [0, 0.05) is 16.5 Å². The Morgan fingerprint density at radius 2 is 1.59 bits per heavy atom. The summed E-state index contributed by atoms with van der Waals surface area (Å²) in [6.45, 7) is 13.7. The predicted octanol–water partition coefficient (Wildman–Crippen LogP) is 6.07. The molecule has 0 aliphatic rings. The zero-order chi connectivity index (χ0) is 19.8. The van der Waals surface area contributed by atoms with Crippen molar-refractivity contribution >= 4 is 11.0 Å². The number of aliphatic hydroxyl groups is 1. The molecule has 1 heterocycles. The van der Waals surface area contributed by atoms with E-state index in [4.69, 9.17) is 14.3 Å². The summed E-state index contributed by atoms with van der Waals surface area (Å²) in [4.78, 5) is 0. The van der Waals surface area contributed by atoms with Crippen molar-refractivity contribution in [2.75, 3.05) is 13.2 Å². The summed E-state index contributed by atoms with van der Waals surface area (Å²) < 4.78 is 11.5. The molecule has 3 aromatic rings. The third kappa shape index (κ3) is 4.03. The number of furan rings is 1. The SMILES string of the molecule is CC(C)(C)c1cc(C(C)(C)C)c2occ(-c3ccc(OCCO)cc3)c2c1. The molecule has 0 radical (unpaired) electrons. The average Bonchev–Trinajstić information content (AvgIpc) is 3.02. The highest BCUT2D eigenvalue weighted by Gasteiger charge is 2.25. The van der Waals surface area contributed by atoms with Gasteiger partial charge in [0.25, 0.3) is 0 Å². The molecule has 0 saturated carbocycles. The lowest BCUT2D eigenvalue weighted by Crippen LogP contribution is -2.16. The highest BCUT2D eigenvalue weighted by molar-refractivity contribution is 5.96. The second kappa shape index (κ2) is 7.05. The molecule has 0 saturated heterocycles. The molecule has 0 aliphatic heterocycles. The first-order valence-electron chi connectivity index (χ1n) is 9.51. The molecule has 0 unspecified atom stereocenters. The van der Waals surface area contributed by atoms with Crippen LogP contribution in [-0.2, 0) is 10.8 Å². The van der Waals surface area contributed by atoms with E-state index >= 15 is 0 Å². The third-order valence-electron chi connectivity index (χ3n) is 4.87. The van der Waals surface area contributed by atoms with Gasteiger partial charge in [-0.15, -0.1) is 0 Å². The van der Waals surface area contributed by atoms with Crippen molar-refractivity contribution in [3.05, 3.63) is 53.8 Å². The number of aliphatic hydroxyl groups excluding tert-OH is 1. The molecule has 27 heavy (non-hydrogen) atoms. The van der Waals surface area contributed by atoms with Gasteiger partial charge in [-0.1, -0.05) is 59.7 Å². The van der Waals surface area contributed by atoms with Crippen LogP contribution in [-0.4, -0.2) is 18.3 Å². The summed E-state index contributed by atoms with van der Waals surface area (Å²) in [6, 6.07) is 12.5. The maximum atomic E-state index is 8.90. The summed E-state index contributed by atoms with van der Waals surface area (Å²) in [6.07, 6.45) is 1.86. The molecule has 0 fully saturated rings. The molecular formula is C24H30O3. The molecule has 0 bridgehead atoms. The van der Waals surface area contributed by atoms with Gasteiger partial charge in [-0.05, 0) is 40.2 Å². The van der Waals surface area contributed by atoms with E-state index in [9.17, 15) is 0 Å². The maximum absolute atomic E-state index is 8.90. The van der Waals surface area contributed by atoms with Gasteiger partial charge in [-0.2, -0.15) is 0 Å². The van der Waals surface area contributed by atoms with E-state index in [1.165, 1.54) is 11.1 Å². The van der Waals surface area contributed by atoms with Crippen LogP contribution in [0.1, 0.15) is 52.7 Å². The number of rotatable bonds is 4. The molecule has 144 valence electrons. The first kappa shape index (κ1) is 19.5. The molecule has 0 atom stereocenters. The molecular weight excluding hydrogens is 336 g/mol. The van der Waals surface area contributed by atoms with Crippen molar-refractivity contribution < 1.29 is 14.3 Å². The lowest BCUT2D eigenvalue weighted by atomic mass is 9.79. The zero-order valence-electron chi connectivity index (χ0n) is 17.2. The van der Waals surface area contributed by atoms with Gasteiger partial charge in [0.05, 0.1) is 12.9 Å². The Labute approximate surface area is 162 Å². The normalized spacial score (nSPS) is 12.6. The molecule has 1 aromatic heterocycles. The van der Waals surface area contributed by atoms with Gasteiger partial charge < -0.3 is 14.3 Å². The van der Waals surface area contributed by atoms with Crippen molar-refractivity contribution in [1.82, 2.24) is 0 Å². The third-order valence-corrected chi connectivity index (χ3v) is 4.87. The lowest BCUT2D eigenvalue weighted by Gasteiger charge is -2.25. The minimum absolute atomic E-state index is 0.00335. The number of hydrogen-bond donors (Lipinski definition) is 1. The van der Waals surface area contributed by atoms with E-state index in [-0.39, 0.29) is 17.4 Å². The zero-order valence-corrected chi connectivity index (χ0v) is 17.2. The molecule has 3 rings (SSSR count). The van der Waals surface area contributed by atoms with Gasteiger partial charge >= 0.3 is 0 Å². The first-order chi connectivity index (χ1) is 12.6. The summed E-state index contributed by atoms with van der Waals surface area (Å²) in [5.74, 6) is 0.756. The summed E-state index contributed by atoms with van der Waals surface area (Å²) in [7, 11) is 0. The van der Waals surface area contributed by atoms with Gasteiger partial charge in [0.1, 0.15) is 17.9 Å². The first-order valence-corrected chi connectivity index (χ1v) is 9.51. The van der Waals surface area contributed by atoms with Crippen molar-refractivity contribution in [3.8, 4) is 16.9 Å². The second-order valence-electron chi connectivity index (χ2n) is 9.15. The molecule has 0 spiro atoms. The van der Waals surface area contributed by atoms with Crippen LogP contribution in [0.25, 0.3) is 22.1 Å². The van der Waals surface area contributed by atoms with E-state index in [0.717, 1.165) is 27.8 Å².